The third kappa shape index (κ3) is 3.66. The van der Waals surface area contributed by atoms with E-state index < -0.39 is 0 Å². The van der Waals surface area contributed by atoms with Gasteiger partial charge in [-0.15, -0.1) is 10.2 Å². The molecule has 1 aromatic rings. The van der Waals surface area contributed by atoms with Gasteiger partial charge in [0, 0.05) is 19.6 Å². The summed E-state index contributed by atoms with van der Waals surface area (Å²) in [7, 11) is 1.82. The lowest BCUT2D eigenvalue weighted by Crippen LogP contribution is -2.34. The van der Waals surface area contributed by atoms with Crippen molar-refractivity contribution in [2.75, 3.05) is 18.9 Å². The molecule has 0 radical (unpaired) electrons. The molecule has 1 heterocycles. The summed E-state index contributed by atoms with van der Waals surface area (Å²) in [5, 5.41) is 12.0. The van der Waals surface area contributed by atoms with Crippen molar-refractivity contribution in [3.05, 3.63) is 5.01 Å². The van der Waals surface area contributed by atoms with Gasteiger partial charge >= 0.3 is 0 Å². The minimum Gasteiger partial charge on any atom is -0.360 e. The number of nitrogens with one attached hydrogen (secondary N) is 1. The number of amides is 1. The number of rotatable bonds is 6. The first-order chi connectivity index (χ1) is 8.10. The number of carbonyl (C=O) groups is 1. The Balaban J connectivity index is 2.67. The molecule has 1 rings (SSSR count). The Kier molecular flexibility index (Phi) is 5.34. The number of aromatic nitrogens is 2. The quantitative estimate of drug-likeness (QED) is 0.848. The van der Waals surface area contributed by atoms with Gasteiger partial charge < -0.3 is 10.2 Å². The van der Waals surface area contributed by atoms with E-state index in [0.717, 1.165) is 19.4 Å². The fourth-order valence-corrected chi connectivity index (χ4v) is 2.29. The van der Waals surface area contributed by atoms with Gasteiger partial charge in [0.05, 0.1) is 0 Å². The molecule has 0 aliphatic rings. The van der Waals surface area contributed by atoms with E-state index in [1.165, 1.54) is 11.3 Å². The van der Waals surface area contributed by atoms with E-state index in [0.29, 0.717) is 10.1 Å². The second kappa shape index (κ2) is 6.54. The second-order valence-electron chi connectivity index (χ2n) is 4.00. The normalized spacial score (nSPS) is 12.2. The van der Waals surface area contributed by atoms with Crippen molar-refractivity contribution in [2.45, 2.75) is 39.7 Å². The minimum absolute atomic E-state index is 0.0485. The van der Waals surface area contributed by atoms with Crippen LogP contribution in [-0.2, 0) is 0 Å². The van der Waals surface area contributed by atoms with Crippen molar-refractivity contribution in [1.82, 2.24) is 15.1 Å². The van der Waals surface area contributed by atoms with Gasteiger partial charge in [-0.3, -0.25) is 4.79 Å². The zero-order chi connectivity index (χ0) is 12.8. The Hall–Kier alpha value is -1.17. The molecule has 96 valence electrons. The van der Waals surface area contributed by atoms with Crippen LogP contribution in [0.4, 0.5) is 5.13 Å². The zero-order valence-corrected chi connectivity index (χ0v) is 11.7. The van der Waals surface area contributed by atoms with Crippen LogP contribution >= 0.6 is 11.3 Å². The molecule has 0 bridgehead atoms. The van der Waals surface area contributed by atoms with Crippen molar-refractivity contribution in [3.8, 4) is 0 Å². The SMILES string of the molecule is CCCC(C)N(C)C(=O)c1nnc(NCC)s1. The van der Waals surface area contributed by atoms with Crippen LogP contribution in [0.25, 0.3) is 0 Å². The Bertz CT molecular complexity index is 366. The highest BCUT2D eigenvalue weighted by molar-refractivity contribution is 7.17. The average Bonchev–Trinajstić information content (AvgIpc) is 2.76. The molecule has 1 unspecified atom stereocenters. The van der Waals surface area contributed by atoms with E-state index in [2.05, 4.69) is 22.4 Å². The Labute approximate surface area is 106 Å². The molecule has 6 heteroatoms. The number of carbonyl (C=O) groups excluding carboxylic acids is 1. The number of anilines is 1. The highest BCUT2D eigenvalue weighted by Crippen LogP contribution is 2.17. The van der Waals surface area contributed by atoms with Gasteiger partial charge in [-0.2, -0.15) is 0 Å². The number of nitrogens with zero attached hydrogens (tertiary/aromatic N) is 3. The first-order valence-electron chi connectivity index (χ1n) is 5.94. The van der Waals surface area contributed by atoms with E-state index in [1.807, 2.05) is 20.9 Å². The molecule has 1 aromatic heterocycles. The molecule has 5 nitrogen and oxygen atoms in total. The topological polar surface area (TPSA) is 58.1 Å². The third-order valence-corrected chi connectivity index (χ3v) is 3.49. The highest BCUT2D eigenvalue weighted by atomic mass is 32.1. The first-order valence-corrected chi connectivity index (χ1v) is 6.76. The predicted molar refractivity (Wildman–Crippen MR) is 70.5 cm³/mol. The molecule has 0 aliphatic heterocycles. The highest BCUT2D eigenvalue weighted by Gasteiger charge is 2.20. The summed E-state index contributed by atoms with van der Waals surface area (Å²) in [5.74, 6) is -0.0485. The summed E-state index contributed by atoms with van der Waals surface area (Å²) in [6, 6.07) is 0.235. The molecule has 1 N–H and O–H groups in total. The van der Waals surface area contributed by atoms with Gasteiger partial charge in [-0.05, 0) is 20.3 Å². The molecule has 0 saturated carbocycles. The summed E-state index contributed by atoms with van der Waals surface area (Å²) in [5.41, 5.74) is 0. The fourth-order valence-electron chi connectivity index (χ4n) is 1.49. The summed E-state index contributed by atoms with van der Waals surface area (Å²) in [6.07, 6.45) is 2.07. The van der Waals surface area contributed by atoms with E-state index >= 15 is 0 Å². The largest absolute Gasteiger partial charge is 0.360 e. The molecular formula is C11H20N4OS. The predicted octanol–water partition coefficient (Wildman–Crippen LogP) is 2.23. The van der Waals surface area contributed by atoms with Crippen molar-refractivity contribution in [1.29, 1.82) is 0 Å². The first kappa shape index (κ1) is 13.9. The van der Waals surface area contributed by atoms with Crippen molar-refractivity contribution in [2.24, 2.45) is 0 Å². The second-order valence-corrected chi connectivity index (χ2v) is 4.97. The van der Waals surface area contributed by atoms with Gasteiger partial charge in [0.2, 0.25) is 10.1 Å². The van der Waals surface area contributed by atoms with Crippen LogP contribution in [-0.4, -0.2) is 40.6 Å². The molecular weight excluding hydrogens is 236 g/mol. The maximum absolute atomic E-state index is 12.1. The Morgan fingerprint density at radius 3 is 2.76 bits per heavy atom. The van der Waals surface area contributed by atoms with Gasteiger partial charge in [-0.1, -0.05) is 24.7 Å². The smallest absolute Gasteiger partial charge is 0.284 e. The van der Waals surface area contributed by atoms with Crippen LogP contribution in [0, 0.1) is 0 Å². The monoisotopic (exact) mass is 256 g/mol. The zero-order valence-electron chi connectivity index (χ0n) is 10.9. The lowest BCUT2D eigenvalue weighted by Gasteiger charge is -2.23. The summed E-state index contributed by atoms with van der Waals surface area (Å²) < 4.78 is 0. The molecule has 0 spiro atoms. The molecule has 0 aromatic carbocycles. The molecule has 0 aliphatic carbocycles. The molecule has 0 fully saturated rings. The van der Waals surface area contributed by atoms with Crippen LogP contribution in [0.1, 0.15) is 43.4 Å². The van der Waals surface area contributed by atoms with Crippen molar-refractivity contribution < 1.29 is 4.79 Å². The minimum atomic E-state index is -0.0485. The van der Waals surface area contributed by atoms with Gasteiger partial charge in [-0.25, -0.2) is 0 Å². The molecule has 1 amide bonds. The lowest BCUT2D eigenvalue weighted by atomic mass is 10.2. The Morgan fingerprint density at radius 2 is 2.18 bits per heavy atom. The van der Waals surface area contributed by atoms with Crippen LogP contribution in [0.3, 0.4) is 0 Å². The number of hydrogen-bond donors (Lipinski definition) is 1. The van der Waals surface area contributed by atoms with Gasteiger partial charge in [0.1, 0.15) is 0 Å². The summed E-state index contributed by atoms with van der Waals surface area (Å²) in [4.78, 5) is 13.8. The average molecular weight is 256 g/mol. The van der Waals surface area contributed by atoms with E-state index in [1.54, 1.807) is 4.90 Å². The van der Waals surface area contributed by atoms with Crippen molar-refractivity contribution in [3.63, 3.8) is 0 Å². The van der Waals surface area contributed by atoms with Crippen LogP contribution in [0.5, 0.6) is 0 Å². The lowest BCUT2D eigenvalue weighted by molar-refractivity contribution is 0.0735. The van der Waals surface area contributed by atoms with Crippen molar-refractivity contribution >= 4 is 22.4 Å². The fraction of sp³-hybridized carbons (Fsp3) is 0.727. The molecule has 1 atom stereocenters. The maximum Gasteiger partial charge on any atom is 0.284 e. The van der Waals surface area contributed by atoms with E-state index in [4.69, 9.17) is 0 Å². The number of hydrogen-bond acceptors (Lipinski definition) is 5. The standard InChI is InChI=1S/C11H20N4OS/c1-5-7-8(3)15(4)10(16)9-13-14-11(17-9)12-6-2/h8H,5-7H2,1-4H3,(H,12,14). The Morgan fingerprint density at radius 1 is 1.47 bits per heavy atom. The molecule has 17 heavy (non-hydrogen) atoms. The molecule has 0 saturated heterocycles. The van der Waals surface area contributed by atoms with Crippen LogP contribution < -0.4 is 5.32 Å². The van der Waals surface area contributed by atoms with Gasteiger partial charge in [0.15, 0.2) is 0 Å². The van der Waals surface area contributed by atoms with Crippen LogP contribution in [0.15, 0.2) is 0 Å². The summed E-state index contributed by atoms with van der Waals surface area (Å²) in [6.45, 7) is 6.93. The third-order valence-electron chi connectivity index (χ3n) is 2.62. The van der Waals surface area contributed by atoms with Gasteiger partial charge in [0.25, 0.3) is 5.91 Å². The maximum atomic E-state index is 12.1. The van der Waals surface area contributed by atoms with E-state index in [9.17, 15) is 4.79 Å². The van der Waals surface area contributed by atoms with E-state index in [-0.39, 0.29) is 11.9 Å². The van der Waals surface area contributed by atoms with Crippen LogP contribution in [0.2, 0.25) is 0 Å². The summed E-state index contributed by atoms with van der Waals surface area (Å²) >= 11 is 1.30.